The van der Waals surface area contributed by atoms with Crippen LogP contribution in [-0.2, 0) is 6.18 Å². The summed E-state index contributed by atoms with van der Waals surface area (Å²) in [7, 11) is 1.59. The Morgan fingerprint density at radius 1 is 1.22 bits per heavy atom. The van der Waals surface area contributed by atoms with Gasteiger partial charge in [-0.2, -0.15) is 18.2 Å². The molecular formula is C17H15F3N4O2S. The SMILES string of the molecule is Cc1noc([C@@H](C)N(C)C(=O)c2csc(-c3ccc(C(F)(F)F)cc3)n2)n1. The van der Waals surface area contributed by atoms with Gasteiger partial charge in [0, 0.05) is 18.0 Å². The Labute approximate surface area is 156 Å². The van der Waals surface area contributed by atoms with Crippen molar-refractivity contribution in [1.82, 2.24) is 20.0 Å². The number of carbonyl (C=O) groups is 1. The van der Waals surface area contributed by atoms with Gasteiger partial charge in [0.05, 0.1) is 5.56 Å². The summed E-state index contributed by atoms with van der Waals surface area (Å²) in [6.07, 6.45) is -4.39. The van der Waals surface area contributed by atoms with E-state index in [4.69, 9.17) is 4.52 Å². The molecule has 142 valence electrons. The summed E-state index contributed by atoms with van der Waals surface area (Å²) in [5.74, 6) is 0.422. The van der Waals surface area contributed by atoms with Gasteiger partial charge in [0.2, 0.25) is 5.89 Å². The topological polar surface area (TPSA) is 72.1 Å². The van der Waals surface area contributed by atoms with Crippen molar-refractivity contribution in [2.75, 3.05) is 7.05 Å². The fourth-order valence-corrected chi connectivity index (χ4v) is 3.11. The van der Waals surface area contributed by atoms with Crippen LogP contribution in [0.25, 0.3) is 10.6 Å². The summed E-state index contributed by atoms with van der Waals surface area (Å²) in [4.78, 5) is 22.4. The van der Waals surface area contributed by atoms with Crippen molar-refractivity contribution in [2.24, 2.45) is 0 Å². The van der Waals surface area contributed by atoms with E-state index >= 15 is 0 Å². The Morgan fingerprint density at radius 2 is 1.89 bits per heavy atom. The van der Waals surface area contributed by atoms with Crippen LogP contribution >= 0.6 is 11.3 Å². The fourth-order valence-electron chi connectivity index (χ4n) is 2.31. The van der Waals surface area contributed by atoms with Gasteiger partial charge in [-0.25, -0.2) is 4.98 Å². The van der Waals surface area contributed by atoms with Crippen molar-refractivity contribution >= 4 is 17.2 Å². The Balaban J connectivity index is 1.77. The Morgan fingerprint density at radius 3 is 2.44 bits per heavy atom. The molecule has 1 aromatic carbocycles. The van der Waals surface area contributed by atoms with E-state index in [1.165, 1.54) is 28.4 Å². The number of hydrogen-bond donors (Lipinski definition) is 0. The number of carbonyl (C=O) groups excluding carboxylic acids is 1. The Kier molecular flexibility index (Phi) is 5.01. The zero-order valence-electron chi connectivity index (χ0n) is 14.6. The standard InChI is InChI=1S/C17H15F3N4O2S/c1-9(14-21-10(2)23-26-14)24(3)16(25)13-8-27-15(22-13)11-4-6-12(7-5-11)17(18,19)20/h4-9H,1-3H3/t9-/m1/s1. The number of halogens is 3. The monoisotopic (exact) mass is 396 g/mol. The minimum Gasteiger partial charge on any atom is -0.337 e. The van der Waals surface area contributed by atoms with Crippen LogP contribution in [0.1, 0.15) is 40.7 Å². The molecule has 0 saturated heterocycles. The lowest BCUT2D eigenvalue weighted by Gasteiger charge is -2.20. The third kappa shape index (κ3) is 4.00. The molecule has 10 heteroatoms. The van der Waals surface area contributed by atoms with Gasteiger partial charge in [0.1, 0.15) is 16.7 Å². The summed E-state index contributed by atoms with van der Waals surface area (Å²) >= 11 is 1.18. The second kappa shape index (κ2) is 7.10. The lowest BCUT2D eigenvalue weighted by atomic mass is 10.1. The number of hydrogen-bond acceptors (Lipinski definition) is 6. The van der Waals surface area contributed by atoms with E-state index in [1.807, 2.05) is 0 Å². The normalized spacial score (nSPS) is 12.8. The van der Waals surface area contributed by atoms with E-state index in [0.29, 0.717) is 22.3 Å². The Hall–Kier alpha value is -2.75. The molecule has 1 atom stereocenters. The number of benzene rings is 1. The average molecular weight is 396 g/mol. The average Bonchev–Trinajstić information content (AvgIpc) is 3.28. The molecule has 0 aliphatic heterocycles. The largest absolute Gasteiger partial charge is 0.416 e. The van der Waals surface area contributed by atoms with Gasteiger partial charge in [0.25, 0.3) is 5.91 Å². The minimum absolute atomic E-state index is 0.195. The van der Waals surface area contributed by atoms with Gasteiger partial charge in [-0.1, -0.05) is 17.3 Å². The summed E-state index contributed by atoms with van der Waals surface area (Å²) in [5, 5.41) is 5.73. The van der Waals surface area contributed by atoms with Crippen LogP contribution in [0.5, 0.6) is 0 Å². The molecular weight excluding hydrogens is 381 g/mol. The molecule has 6 nitrogen and oxygen atoms in total. The van der Waals surface area contributed by atoms with Crippen molar-refractivity contribution in [1.29, 1.82) is 0 Å². The molecule has 0 saturated carbocycles. The highest BCUT2D eigenvalue weighted by molar-refractivity contribution is 7.13. The number of aryl methyl sites for hydroxylation is 1. The van der Waals surface area contributed by atoms with Crippen LogP contribution < -0.4 is 0 Å². The molecule has 27 heavy (non-hydrogen) atoms. The molecule has 0 fully saturated rings. The van der Waals surface area contributed by atoms with E-state index in [9.17, 15) is 18.0 Å². The summed E-state index contributed by atoms with van der Waals surface area (Å²) < 4.78 is 43.1. The van der Waals surface area contributed by atoms with Gasteiger partial charge in [-0.15, -0.1) is 11.3 Å². The van der Waals surface area contributed by atoms with Crippen LogP contribution in [0, 0.1) is 6.92 Å². The van der Waals surface area contributed by atoms with Crippen LogP contribution in [0.3, 0.4) is 0 Å². The fraction of sp³-hybridized carbons (Fsp3) is 0.294. The highest BCUT2D eigenvalue weighted by Crippen LogP contribution is 2.32. The highest BCUT2D eigenvalue weighted by Gasteiger charge is 2.30. The zero-order chi connectivity index (χ0) is 19.8. The van der Waals surface area contributed by atoms with Crippen LogP contribution in [-0.4, -0.2) is 33.0 Å². The second-order valence-electron chi connectivity index (χ2n) is 5.88. The number of aromatic nitrogens is 3. The van der Waals surface area contributed by atoms with Gasteiger partial charge < -0.3 is 9.42 Å². The first kappa shape index (κ1) is 19.0. The van der Waals surface area contributed by atoms with Crippen LogP contribution in [0.15, 0.2) is 34.2 Å². The van der Waals surface area contributed by atoms with E-state index < -0.39 is 17.8 Å². The zero-order valence-corrected chi connectivity index (χ0v) is 15.4. The van der Waals surface area contributed by atoms with E-state index in [2.05, 4.69) is 15.1 Å². The van der Waals surface area contributed by atoms with Crippen LogP contribution in [0.2, 0.25) is 0 Å². The molecule has 0 bridgehead atoms. The third-order valence-corrected chi connectivity index (χ3v) is 4.88. The molecule has 0 spiro atoms. The number of amides is 1. The van der Waals surface area contributed by atoms with E-state index in [0.717, 1.165) is 12.1 Å². The molecule has 2 heterocycles. The van der Waals surface area contributed by atoms with Crippen molar-refractivity contribution < 1.29 is 22.5 Å². The van der Waals surface area contributed by atoms with E-state index in [-0.39, 0.29) is 11.6 Å². The van der Waals surface area contributed by atoms with Gasteiger partial charge >= 0.3 is 6.18 Å². The molecule has 1 amide bonds. The minimum atomic E-state index is -4.39. The molecule has 0 N–H and O–H groups in total. The highest BCUT2D eigenvalue weighted by atomic mass is 32.1. The van der Waals surface area contributed by atoms with E-state index in [1.54, 1.807) is 26.3 Å². The first-order valence-electron chi connectivity index (χ1n) is 7.87. The maximum absolute atomic E-state index is 12.7. The van der Waals surface area contributed by atoms with Crippen LogP contribution in [0.4, 0.5) is 13.2 Å². The molecule has 3 rings (SSSR count). The number of thiazole rings is 1. The molecule has 0 unspecified atom stereocenters. The van der Waals surface area contributed by atoms with Crippen molar-refractivity contribution in [3.8, 4) is 10.6 Å². The van der Waals surface area contributed by atoms with Crippen molar-refractivity contribution in [2.45, 2.75) is 26.1 Å². The number of nitrogens with zero attached hydrogens (tertiary/aromatic N) is 4. The summed E-state index contributed by atoms with van der Waals surface area (Å²) in [5.41, 5.74) is -0.0294. The predicted octanol–water partition coefficient (Wildman–Crippen LogP) is 4.35. The quantitative estimate of drug-likeness (QED) is 0.655. The maximum Gasteiger partial charge on any atom is 0.416 e. The first-order chi connectivity index (χ1) is 12.7. The predicted molar refractivity (Wildman–Crippen MR) is 92.1 cm³/mol. The molecule has 0 radical (unpaired) electrons. The van der Waals surface area contributed by atoms with Gasteiger partial charge in [-0.05, 0) is 26.0 Å². The number of alkyl halides is 3. The molecule has 2 aromatic heterocycles. The van der Waals surface area contributed by atoms with Crippen molar-refractivity contribution in [3.63, 3.8) is 0 Å². The van der Waals surface area contributed by atoms with Gasteiger partial charge in [0.15, 0.2) is 5.82 Å². The second-order valence-corrected chi connectivity index (χ2v) is 6.74. The smallest absolute Gasteiger partial charge is 0.337 e. The maximum atomic E-state index is 12.7. The van der Waals surface area contributed by atoms with Crippen molar-refractivity contribution in [3.05, 3.63) is 52.6 Å². The third-order valence-electron chi connectivity index (χ3n) is 3.98. The molecule has 0 aliphatic carbocycles. The molecule has 3 aromatic rings. The first-order valence-corrected chi connectivity index (χ1v) is 8.75. The summed E-state index contributed by atoms with van der Waals surface area (Å²) in [6.45, 7) is 3.42. The summed E-state index contributed by atoms with van der Waals surface area (Å²) in [6, 6.07) is 4.21. The Bertz CT molecular complexity index is 950. The lowest BCUT2D eigenvalue weighted by molar-refractivity contribution is -0.137. The van der Waals surface area contributed by atoms with Gasteiger partial charge in [-0.3, -0.25) is 4.79 Å². The lowest BCUT2D eigenvalue weighted by Crippen LogP contribution is -2.30. The molecule has 0 aliphatic rings. The number of rotatable bonds is 4.